The van der Waals surface area contributed by atoms with Gasteiger partial charge in [-0.15, -0.1) is 11.3 Å². The molecule has 1 heterocycles. The zero-order valence-corrected chi connectivity index (χ0v) is 13.7. The number of thiazole rings is 1. The lowest BCUT2D eigenvalue weighted by molar-refractivity contribution is -0.153. The van der Waals surface area contributed by atoms with E-state index in [1.54, 1.807) is 5.38 Å². The molecule has 0 aliphatic rings. The van der Waals surface area contributed by atoms with Crippen molar-refractivity contribution in [3.8, 4) is 5.75 Å². The molecule has 0 spiro atoms. The van der Waals surface area contributed by atoms with Crippen LogP contribution in [-0.2, 0) is 16.0 Å². The summed E-state index contributed by atoms with van der Waals surface area (Å²) in [5, 5.41) is 4.45. The van der Waals surface area contributed by atoms with E-state index in [1.165, 1.54) is 31.4 Å². The Kier molecular flexibility index (Phi) is 5.97. The van der Waals surface area contributed by atoms with E-state index in [0.29, 0.717) is 10.8 Å². The summed E-state index contributed by atoms with van der Waals surface area (Å²) in [6.45, 7) is -1.40. The molecule has 2 rings (SSSR count). The molecule has 2 aromatic rings. The topological polar surface area (TPSA) is 77.5 Å². The Morgan fingerprint density at radius 3 is 2.52 bits per heavy atom. The van der Waals surface area contributed by atoms with Crippen molar-refractivity contribution in [3.05, 3.63) is 40.9 Å². The number of benzene rings is 1. The summed E-state index contributed by atoms with van der Waals surface area (Å²) in [5.74, 6) is -0.928. The van der Waals surface area contributed by atoms with Crippen molar-refractivity contribution in [2.75, 3.05) is 19.0 Å². The molecule has 1 aromatic carbocycles. The quantitative estimate of drug-likeness (QED) is 0.787. The molecule has 0 aliphatic carbocycles. The first-order chi connectivity index (χ1) is 11.8. The number of methoxy groups -OCH3 is 1. The number of alkyl halides is 3. The molecule has 0 atom stereocenters. The van der Waals surface area contributed by atoms with Gasteiger partial charge in [-0.25, -0.2) is 4.98 Å². The number of anilines is 1. The van der Waals surface area contributed by atoms with Crippen LogP contribution in [-0.4, -0.2) is 36.8 Å². The van der Waals surface area contributed by atoms with E-state index in [4.69, 9.17) is 0 Å². The average molecular weight is 374 g/mol. The lowest BCUT2D eigenvalue weighted by Crippen LogP contribution is -2.19. The van der Waals surface area contributed by atoms with Gasteiger partial charge in [0.25, 0.3) is 5.91 Å². The molecule has 0 saturated carbocycles. The van der Waals surface area contributed by atoms with Crippen molar-refractivity contribution in [3.63, 3.8) is 0 Å². The molecule has 10 heteroatoms. The van der Waals surface area contributed by atoms with Gasteiger partial charge in [0.15, 0.2) is 11.7 Å². The number of carbonyl (C=O) groups is 2. The first kappa shape index (κ1) is 18.7. The number of aromatic nitrogens is 1. The van der Waals surface area contributed by atoms with Crippen LogP contribution in [0.15, 0.2) is 29.6 Å². The first-order valence-corrected chi connectivity index (χ1v) is 7.77. The van der Waals surface area contributed by atoms with Crippen molar-refractivity contribution in [1.82, 2.24) is 4.98 Å². The van der Waals surface area contributed by atoms with Gasteiger partial charge in [0.2, 0.25) is 0 Å². The molecule has 0 radical (unpaired) electrons. The number of esters is 1. The van der Waals surface area contributed by atoms with E-state index in [2.05, 4.69) is 19.8 Å². The predicted octanol–water partition coefficient (Wildman–Crippen LogP) is 3.05. The SMILES string of the molecule is COC(=O)Cc1csc(NC(=O)c2ccc(OCC(F)(F)F)cc2)n1. The number of amides is 1. The lowest BCUT2D eigenvalue weighted by atomic mass is 10.2. The number of halogens is 3. The highest BCUT2D eigenvalue weighted by Crippen LogP contribution is 2.20. The van der Waals surface area contributed by atoms with Crippen LogP contribution in [0.1, 0.15) is 16.1 Å². The Bertz CT molecular complexity index is 744. The molecule has 6 nitrogen and oxygen atoms in total. The monoisotopic (exact) mass is 374 g/mol. The van der Waals surface area contributed by atoms with Crippen LogP contribution in [0.25, 0.3) is 0 Å². The molecule has 0 bridgehead atoms. The summed E-state index contributed by atoms with van der Waals surface area (Å²) < 4.78 is 45.3. The maximum Gasteiger partial charge on any atom is 0.422 e. The molecule has 0 fully saturated rings. The van der Waals surface area contributed by atoms with Crippen LogP contribution < -0.4 is 10.1 Å². The van der Waals surface area contributed by atoms with Crippen LogP contribution >= 0.6 is 11.3 Å². The zero-order chi connectivity index (χ0) is 18.4. The summed E-state index contributed by atoms with van der Waals surface area (Å²) in [4.78, 5) is 27.3. The first-order valence-electron chi connectivity index (χ1n) is 6.89. The Hall–Kier alpha value is -2.62. The maximum absolute atomic E-state index is 12.1. The van der Waals surface area contributed by atoms with Crippen molar-refractivity contribution in [2.45, 2.75) is 12.6 Å². The van der Waals surface area contributed by atoms with E-state index in [-0.39, 0.29) is 17.7 Å². The molecule has 0 aliphatic heterocycles. The van der Waals surface area contributed by atoms with Gasteiger partial charge in [-0.2, -0.15) is 13.2 Å². The number of hydrogen-bond acceptors (Lipinski definition) is 6. The lowest BCUT2D eigenvalue weighted by Gasteiger charge is -2.09. The van der Waals surface area contributed by atoms with Crippen LogP contribution in [0.4, 0.5) is 18.3 Å². The van der Waals surface area contributed by atoms with Crippen LogP contribution in [0.3, 0.4) is 0 Å². The largest absolute Gasteiger partial charge is 0.484 e. The van der Waals surface area contributed by atoms with E-state index >= 15 is 0 Å². The fourth-order valence-electron chi connectivity index (χ4n) is 1.70. The number of carbonyl (C=O) groups excluding carboxylic acids is 2. The summed E-state index contributed by atoms with van der Waals surface area (Å²) >= 11 is 1.14. The van der Waals surface area contributed by atoms with E-state index in [9.17, 15) is 22.8 Å². The third kappa shape index (κ3) is 6.07. The zero-order valence-electron chi connectivity index (χ0n) is 12.9. The number of hydrogen-bond donors (Lipinski definition) is 1. The Morgan fingerprint density at radius 2 is 1.92 bits per heavy atom. The molecular formula is C15H13F3N2O4S. The maximum atomic E-state index is 12.1. The van der Waals surface area contributed by atoms with Crippen molar-refractivity contribution in [1.29, 1.82) is 0 Å². The van der Waals surface area contributed by atoms with Crippen LogP contribution in [0.5, 0.6) is 5.75 Å². The molecule has 1 N–H and O–H groups in total. The minimum Gasteiger partial charge on any atom is -0.484 e. The molecule has 25 heavy (non-hydrogen) atoms. The normalized spacial score (nSPS) is 11.0. The summed E-state index contributed by atoms with van der Waals surface area (Å²) in [6, 6.07) is 5.21. The van der Waals surface area contributed by atoms with Gasteiger partial charge in [-0.1, -0.05) is 0 Å². The van der Waals surface area contributed by atoms with Crippen molar-refractivity contribution >= 4 is 28.3 Å². The number of rotatable bonds is 6. The Balaban J connectivity index is 1.93. The van der Waals surface area contributed by atoms with Crippen molar-refractivity contribution in [2.24, 2.45) is 0 Å². The standard InChI is InChI=1S/C15H13F3N2O4S/c1-23-12(21)6-10-7-25-14(19-10)20-13(22)9-2-4-11(5-3-9)24-8-15(16,17)18/h2-5,7H,6,8H2,1H3,(H,19,20,22). The molecule has 1 amide bonds. The minimum atomic E-state index is -4.43. The smallest absolute Gasteiger partial charge is 0.422 e. The number of nitrogens with one attached hydrogen (secondary N) is 1. The number of nitrogens with zero attached hydrogens (tertiary/aromatic N) is 1. The molecular weight excluding hydrogens is 361 g/mol. The average Bonchev–Trinajstić information content (AvgIpc) is 2.99. The highest BCUT2D eigenvalue weighted by atomic mass is 32.1. The highest BCUT2D eigenvalue weighted by molar-refractivity contribution is 7.14. The predicted molar refractivity (Wildman–Crippen MR) is 83.8 cm³/mol. The molecule has 0 unspecified atom stereocenters. The van der Waals surface area contributed by atoms with E-state index in [1.807, 2.05) is 0 Å². The van der Waals surface area contributed by atoms with Gasteiger partial charge in [0.1, 0.15) is 5.75 Å². The third-order valence-electron chi connectivity index (χ3n) is 2.84. The molecule has 134 valence electrons. The van der Waals surface area contributed by atoms with Gasteiger partial charge in [0, 0.05) is 10.9 Å². The molecule has 0 saturated heterocycles. The van der Waals surface area contributed by atoms with Gasteiger partial charge in [0.05, 0.1) is 19.2 Å². The van der Waals surface area contributed by atoms with Crippen LogP contribution in [0.2, 0.25) is 0 Å². The Morgan fingerprint density at radius 1 is 1.24 bits per heavy atom. The van der Waals surface area contributed by atoms with Gasteiger partial charge in [-0.05, 0) is 24.3 Å². The summed E-state index contributed by atoms with van der Waals surface area (Å²) in [6.07, 6.45) is -4.43. The second-order valence-electron chi connectivity index (χ2n) is 4.78. The van der Waals surface area contributed by atoms with Gasteiger partial charge in [-0.3, -0.25) is 14.9 Å². The molecule has 1 aromatic heterocycles. The van der Waals surface area contributed by atoms with E-state index < -0.39 is 24.7 Å². The second kappa shape index (κ2) is 7.97. The van der Waals surface area contributed by atoms with Crippen LogP contribution in [0, 0.1) is 0 Å². The fourth-order valence-corrected chi connectivity index (χ4v) is 2.41. The minimum absolute atomic E-state index is 0.00323. The highest BCUT2D eigenvalue weighted by Gasteiger charge is 2.28. The third-order valence-corrected chi connectivity index (χ3v) is 3.65. The van der Waals surface area contributed by atoms with Gasteiger partial charge < -0.3 is 9.47 Å². The van der Waals surface area contributed by atoms with E-state index in [0.717, 1.165) is 11.3 Å². The summed E-state index contributed by atoms with van der Waals surface area (Å²) in [7, 11) is 1.26. The fraction of sp³-hybridized carbons (Fsp3) is 0.267. The van der Waals surface area contributed by atoms with Crippen molar-refractivity contribution < 1.29 is 32.2 Å². The van der Waals surface area contributed by atoms with Gasteiger partial charge >= 0.3 is 12.1 Å². The number of ether oxygens (including phenoxy) is 2. The second-order valence-corrected chi connectivity index (χ2v) is 5.64. The Labute approximate surface area is 144 Å². The summed E-state index contributed by atoms with van der Waals surface area (Å²) in [5.41, 5.74) is 0.687.